The SMILES string of the molecule is c1cc(-c2cc3ccccc3c3ccccc23)cc(N(c2cccc(-c3cccc4sc5ccccc5c34)c2)c2cccc3oc4ccccc4c23)c1. The van der Waals surface area contributed by atoms with Crippen molar-refractivity contribution in [3.8, 4) is 22.3 Å². The number of rotatable bonds is 5. The first-order valence-electron chi connectivity index (χ1n) is 18.0. The van der Waals surface area contributed by atoms with Crippen molar-refractivity contribution in [1.29, 1.82) is 0 Å². The summed E-state index contributed by atoms with van der Waals surface area (Å²) in [4.78, 5) is 2.41. The molecule has 11 rings (SSSR count). The molecule has 0 spiro atoms. The average Bonchev–Trinajstić information content (AvgIpc) is 3.80. The third-order valence-electron chi connectivity index (χ3n) is 10.6. The van der Waals surface area contributed by atoms with Gasteiger partial charge >= 0.3 is 0 Å². The highest BCUT2D eigenvalue weighted by Crippen LogP contribution is 2.46. The fourth-order valence-corrected chi connectivity index (χ4v) is 9.44. The van der Waals surface area contributed by atoms with E-state index in [-0.39, 0.29) is 0 Å². The highest BCUT2D eigenvalue weighted by Gasteiger charge is 2.21. The van der Waals surface area contributed by atoms with Crippen LogP contribution in [0.2, 0.25) is 0 Å². The van der Waals surface area contributed by atoms with Crippen molar-refractivity contribution in [1.82, 2.24) is 0 Å². The fourth-order valence-electron chi connectivity index (χ4n) is 8.30. The molecular weight excluding hydrogens is 663 g/mol. The summed E-state index contributed by atoms with van der Waals surface area (Å²) < 4.78 is 9.06. The molecule has 3 heteroatoms. The predicted molar refractivity (Wildman–Crippen MR) is 227 cm³/mol. The Labute approximate surface area is 310 Å². The molecule has 0 aliphatic heterocycles. The van der Waals surface area contributed by atoms with Crippen LogP contribution in [-0.2, 0) is 0 Å². The molecule has 248 valence electrons. The lowest BCUT2D eigenvalue weighted by Gasteiger charge is -2.27. The lowest BCUT2D eigenvalue weighted by atomic mass is 9.93. The molecule has 0 radical (unpaired) electrons. The number of furan rings is 1. The molecule has 0 aliphatic carbocycles. The summed E-state index contributed by atoms with van der Waals surface area (Å²) >= 11 is 1.86. The van der Waals surface area contributed by atoms with Crippen LogP contribution in [0.1, 0.15) is 0 Å². The zero-order valence-corrected chi connectivity index (χ0v) is 29.5. The number of hydrogen-bond acceptors (Lipinski definition) is 3. The van der Waals surface area contributed by atoms with Gasteiger partial charge in [-0.3, -0.25) is 0 Å². The molecule has 2 nitrogen and oxygen atoms in total. The summed E-state index contributed by atoms with van der Waals surface area (Å²) in [7, 11) is 0. The van der Waals surface area contributed by atoms with Crippen molar-refractivity contribution in [2.75, 3.05) is 4.90 Å². The minimum Gasteiger partial charge on any atom is -0.456 e. The van der Waals surface area contributed by atoms with Gasteiger partial charge in [-0.2, -0.15) is 0 Å². The first-order chi connectivity index (χ1) is 26.3. The van der Waals surface area contributed by atoms with E-state index >= 15 is 0 Å². The number of hydrogen-bond donors (Lipinski definition) is 0. The molecule has 9 aromatic carbocycles. The van der Waals surface area contributed by atoms with Crippen LogP contribution in [-0.4, -0.2) is 0 Å². The van der Waals surface area contributed by atoms with Crippen LogP contribution >= 0.6 is 11.3 Å². The molecular formula is C50H31NOS. The lowest BCUT2D eigenvalue weighted by Crippen LogP contribution is -2.10. The van der Waals surface area contributed by atoms with Crippen molar-refractivity contribution in [3.63, 3.8) is 0 Å². The third kappa shape index (κ3) is 4.78. The second-order valence-electron chi connectivity index (χ2n) is 13.7. The van der Waals surface area contributed by atoms with Gasteiger partial charge in [0, 0.05) is 36.9 Å². The maximum absolute atomic E-state index is 6.44. The van der Waals surface area contributed by atoms with E-state index in [4.69, 9.17) is 4.42 Å². The van der Waals surface area contributed by atoms with Gasteiger partial charge in [0.1, 0.15) is 11.2 Å². The van der Waals surface area contributed by atoms with Crippen molar-refractivity contribution >= 4 is 92.1 Å². The number of para-hydroxylation sites is 1. The number of anilines is 3. The largest absolute Gasteiger partial charge is 0.456 e. The molecule has 0 N–H and O–H groups in total. The van der Waals surface area contributed by atoms with Gasteiger partial charge in [-0.15, -0.1) is 11.3 Å². The van der Waals surface area contributed by atoms with Gasteiger partial charge in [-0.1, -0.05) is 127 Å². The Morgan fingerprint density at radius 3 is 1.81 bits per heavy atom. The van der Waals surface area contributed by atoms with E-state index in [1.807, 2.05) is 17.4 Å². The Kier molecular flexibility index (Phi) is 6.76. The van der Waals surface area contributed by atoms with E-state index in [2.05, 4.69) is 187 Å². The molecule has 0 saturated heterocycles. The van der Waals surface area contributed by atoms with Crippen LogP contribution in [0.5, 0.6) is 0 Å². The topological polar surface area (TPSA) is 16.4 Å². The van der Waals surface area contributed by atoms with Gasteiger partial charge in [0.2, 0.25) is 0 Å². The number of nitrogens with zero attached hydrogens (tertiary/aromatic N) is 1. The summed E-state index contributed by atoms with van der Waals surface area (Å²) in [5.74, 6) is 0. The van der Waals surface area contributed by atoms with E-state index in [0.29, 0.717) is 0 Å². The Hall–Kier alpha value is -6.68. The molecule has 0 bridgehead atoms. The van der Waals surface area contributed by atoms with Gasteiger partial charge in [0.05, 0.1) is 11.1 Å². The van der Waals surface area contributed by atoms with Crippen LogP contribution < -0.4 is 4.90 Å². The standard InChI is InChI=1S/C50H31NOS/c1-2-18-37-34(13-1)31-43(40-20-4-3-19-39(37)40)33-15-10-17-36(30-33)51(44-24-12-26-46-50(44)41-21-5-7-25-45(41)52-46)35-16-9-14-32(29-35)38-23-11-28-48-49(38)42-22-6-8-27-47(42)53-48/h1-31H. The van der Waals surface area contributed by atoms with E-state index in [9.17, 15) is 0 Å². The van der Waals surface area contributed by atoms with E-state index < -0.39 is 0 Å². The van der Waals surface area contributed by atoms with Gasteiger partial charge in [0.15, 0.2) is 0 Å². The van der Waals surface area contributed by atoms with Gasteiger partial charge in [-0.05, 0) is 104 Å². The average molecular weight is 694 g/mol. The third-order valence-corrected chi connectivity index (χ3v) is 11.8. The summed E-state index contributed by atoms with van der Waals surface area (Å²) in [6, 6.07) is 68.0. The van der Waals surface area contributed by atoms with E-state index in [1.165, 1.54) is 64.0 Å². The van der Waals surface area contributed by atoms with Crippen LogP contribution in [0, 0.1) is 0 Å². The number of benzene rings is 9. The molecule has 53 heavy (non-hydrogen) atoms. The summed E-state index contributed by atoms with van der Waals surface area (Å²) in [6.07, 6.45) is 0. The first-order valence-corrected chi connectivity index (χ1v) is 18.8. The molecule has 0 fully saturated rings. The first kappa shape index (κ1) is 30.0. The molecule has 0 unspecified atom stereocenters. The second kappa shape index (κ2) is 11.9. The van der Waals surface area contributed by atoms with Crippen LogP contribution in [0.3, 0.4) is 0 Å². The van der Waals surface area contributed by atoms with Crippen molar-refractivity contribution in [2.24, 2.45) is 0 Å². The summed E-state index contributed by atoms with van der Waals surface area (Å²) in [5.41, 5.74) is 9.80. The maximum atomic E-state index is 6.44. The van der Waals surface area contributed by atoms with Crippen LogP contribution in [0.4, 0.5) is 17.1 Å². The normalized spacial score (nSPS) is 11.8. The Morgan fingerprint density at radius 1 is 0.377 bits per heavy atom. The van der Waals surface area contributed by atoms with E-state index in [1.54, 1.807) is 0 Å². The van der Waals surface area contributed by atoms with Crippen LogP contribution in [0.25, 0.3) is 85.9 Å². The Morgan fingerprint density at radius 2 is 0.981 bits per heavy atom. The fraction of sp³-hybridized carbons (Fsp3) is 0. The zero-order valence-electron chi connectivity index (χ0n) is 28.7. The van der Waals surface area contributed by atoms with Gasteiger partial charge in [-0.25, -0.2) is 0 Å². The van der Waals surface area contributed by atoms with E-state index in [0.717, 1.165) is 39.0 Å². The summed E-state index contributed by atoms with van der Waals surface area (Å²) in [6.45, 7) is 0. The molecule has 2 heterocycles. The number of thiophene rings is 1. The highest BCUT2D eigenvalue weighted by atomic mass is 32.1. The molecule has 0 saturated carbocycles. The minimum atomic E-state index is 0.871. The molecule has 0 aliphatic rings. The smallest absolute Gasteiger partial charge is 0.137 e. The van der Waals surface area contributed by atoms with Gasteiger partial charge in [0.25, 0.3) is 0 Å². The quantitative estimate of drug-likeness (QED) is 0.167. The van der Waals surface area contributed by atoms with Crippen molar-refractivity contribution < 1.29 is 4.42 Å². The molecule has 0 amide bonds. The minimum absolute atomic E-state index is 0.871. The molecule has 2 aromatic heterocycles. The monoisotopic (exact) mass is 693 g/mol. The highest BCUT2D eigenvalue weighted by molar-refractivity contribution is 7.25. The van der Waals surface area contributed by atoms with Crippen molar-refractivity contribution in [3.05, 3.63) is 188 Å². The Balaban J connectivity index is 1.16. The summed E-state index contributed by atoms with van der Waals surface area (Å²) in [5, 5.41) is 9.83. The zero-order chi connectivity index (χ0) is 34.9. The number of fused-ring (bicyclic) bond motifs is 9. The lowest BCUT2D eigenvalue weighted by molar-refractivity contribution is 0.669. The second-order valence-corrected chi connectivity index (χ2v) is 14.7. The maximum Gasteiger partial charge on any atom is 0.137 e. The predicted octanol–water partition coefficient (Wildman–Crippen LogP) is 15.1. The van der Waals surface area contributed by atoms with Gasteiger partial charge < -0.3 is 9.32 Å². The Bertz CT molecular complexity index is 3200. The van der Waals surface area contributed by atoms with Crippen molar-refractivity contribution in [2.45, 2.75) is 0 Å². The molecule has 11 aromatic rings. The van der Waals surface area contributed by atoms with Crippen LogP contribution in [0.15, 0.2) is 192 Å². The molecule has 0 atom stereocenters.